The van der Waals surface area contributed by atoms with Gasteiger partial charge in [-0.05, 0) is 36.4 Å². The highest BCUT2D eigenvalue weighted by Gasteiger charge is 2.20. The molecule has 126 valence electrons. The summed E-state index contributed by atoms with van der Waals surface area (Å²) in [4.78, 5) is 21.9. The molecule has 8 heteroatoms. The zero-order valence-corrected chi connectivity index (χ0v) is 13.9. The van der Waals surface area contributed by atoms with E-state index in [2.05, 4.69) is 0 Å². The van der Waals surface area contributed by atoms with Gasteiger partial charge in [0.25, 0.3) is 0 Å². The molecule has 24 heavy (non-hydrogen) atoms. The summed E-state index contributed by atoms with van der Waals surface area (Å²) in [5.74, 6) is 0.199. The molecule has 0 saturated heterocycles. The number of nitrogens with zero attached hydrogens (tertiary/aromatic N) is 1. The predicted molar refractivity (Wildman–Crippen MR) is 87.3 cm³/mol. The maximum Gasteiger partial charge on any atom is 0.312 e. The lowest BCUT2D eigenvalue weighted by Crippen LogP contribution is -2.00. The lowest BCUT2D eigenvalue weighted by molar-refractivity contribution is -0.385. The van der Waals surface area contributed by atoms with E-state index in [1.54, 1.807) is 19.1 Å². The highest BCUT2D eigenvalue weighted by atomic mass is 32.2. The van der Waals surface area contributed by atoms with E-state index in [0.29, 0.717) is 17.7 Å². The highest BCUT2D eigenvalue weighted by Crippen LogP contribution is 2.33. The van der Waals surface area contributed by atoms with Crippen LogP contribution in [-0.4, -0.2) is 25.4 Å². The average Bonchev–Trinajstić information content (AvgIpc) is 2.54. The van der Waals surface area contributed by atoms with E-state index < -0.39 is 20.4 Å². The Hall–Kier alpha value is -2.74. The van der Waals surface area contributed by atoms with Crippen molar-refractivity contribution in [2.24, 2.45) is 0 Å². The van der Waals surface area contributed by atoms with Gasteiger partial charge in [-0.3, -0.25) is 14.9 Å². The Bertz CT molecular complexity index is 887. The number of rotatable bonds is 6. The molecule has 7 nitrogen and oxygen atoms in total. The number of hydrogen-bond acceptors (Lipinski definition) is 6. The van der Waals surface area contributed by atoms with Gasteiger partial charge in [0.2, 0.25) is 5.75 Å². The summed E-state index contributed by atoms with van der Waals surface area (Å²) in [6.45, 7) is 1.75. The van der Waals surface area contributed by atoms with Crippen LogP contribution >= 0.6 is 0 Å². The molecule has 0 aliphatic rings. The number of nitro groups is 1. The van der Waals surface area contributed by atoms with Crippen LogP contribution in [0, 0.1) is 10.1 Å². The van der Waals surface area contributed by atoms with Gasteiger partial charge in [0.05, 0.1) is 9.82 Å². The second-order valence-corrected chi connectivity index (χ2v) is 7.08. The molecule has 0 heterocycles. The van der Waals surface area contributed by atoms with Crippen molar-refractivity contribution in [2.75, 3.05) is 6.26 Å². The number of ether oxygens (including phenoxy) is 1. The van der Waals surface area contributed by atoms with Gasteiger partial charge in [-0.1, -0.05) is 6.92 Å². The van der Waals surface area contributed by atoms with E-state index in [9.17, 15) is 23.3 Å². The smallest absolute Gasteiger partial charge is 0.312 e. The van der Waals surface area contributed by atoms with E-state index in [4.69, 9.17) is 4.74 Å². The van der Waals surface area contributed by atoms with E-state index in [-0.39, 0.29) is 16.4 Å². The fourth-order valence-corrected chi connectivity index (χ4v) is 2.64. The van der Waals surface area contributed by atoms with Crippen molar-refractivity contribution >= 4 is 21.3 Å². The first-order valence-electron chi connectivity index (χ1n) is 7.02. The molecular formula is C16H15NO6S. The highest BCUT2D eigenvalue weighted by molar-refractivity contribution is 7.90. The lowest BCUT2D eigenvalue weighted by atomic mass is 10.1. The van der Waals surface area contributed by atoms with Crippen LogP contribution in [0.3, 0.4) is 0 Å². The molecule has 0 aliphatic heterocycles. The number of benzene rings is 2. The van der Waals surface area contributed by atoms with Gasteiger partial charge in [-0.25, -0.2) is 8.42 Å². The molecule has 2 aromatic carbocycles. The first-order chi connectivity index (χ1) is 11.2. The Balaban J connectivity index is 2.35. The largest absolute Gasteiger partial charge is 0.450 e. The van der Waals surface area contributed by atoms with Crippen molar-refractivity contribution < 1.29 is 22.9 Å². The molecule has 0 amide bonds. The van der Waals surface area contributed by atoms with Crippen LogP contribution in [0.1, 0.15) is 23.7 Å². The summed E-state index contributed by atoms with van der Waals surface area (Å²) in [5.41, 5.74) is 0.0680. The average molecular weight is 349 g/mol. The van der Waals surface area contributed by atoms with Crippen molar-refractivity contribution in [2.45, 2.75) is 18.2 Å². The summed E-state index contributed by atoms with van der Waals surface area (Å²) in [7, 11) is -3.56. The molecule has 0 aliphatic carbocycles. The second-order valence-electron chi connectivity index (χ2n) is 5.06. The summed E-state index contributed by atoms with van der Waals surface area (Å²) < 4.78 is 28.5. The SMILES string of the molecule is CCC(=O)c1ccc(Oc2ccc(S(C)(=O)=O)cc2[N+](=O)[O-])cc1. The van der Waals surface area contributed by atoms with Crippen molar-refractivity contribution in [1.29, 1.82) is 0 Å². The fraction of sp³-hybridized carbons (Fsp3) is 0.188. The summed E-state index contributed by atoms with van der Waals surface area (Å²) >= 11 is 0. The Labute approximate surface area is 139 Å². The summed E-state index contributed by atoms with van der Waals surface area (Å²) in [6, 6.07) is 9.62. The molecule has 0 N–H and O–H groups in total. The molecule has 0 bridgehead atoms. The van der Waals surface area contributed by atoms with Crippen LogP contribution in [0.25, 0.3) is 0 Å². The molecule has 0 unspecified atom stereocenters. The van der Waals surface area contributed by atoms with E-state index in [1.165, 1.54) is 24.3 Å². The molecule has 0 saturated carbocycles. The lowest BCUT2D eigenvalue weighted by Gasteiger charge is -2.08. The number of carbonyl (C=O) groups is 1. The van der Waals surface area contributed by atoms with Crippen LogP contribution in [0.5, 0.6) is 11.5 Å². The molecular weight excluding hydrogens is 334 g/mol. The van der Waals surface area contributed by atoms with Crippen molar-refractivity contribution in [3.8, 4) is 11.5 Å². The Kier molecular flexibility index (Phi) is 4.99. The monoisotopic (exact) mass is 349 g/mol. The van der Waals surface area contributed by atoms with Crippen molar-refractivity contribution in [3.63, 3.8) is 0 Å². The summed E-state index contributed by atoms with van der Waals surface area (Å²) in [6.07, 6.45) is 1.34. The topological polar surface area (TPSA) is 104 Å². The van der Waals surface area contributed by atoms with Gasteiger partial charge in [0.1, 0.15) is 5.75 Å². The van der Waals surface area contributed by atoms with E-state index in [0.717, 1.165) is 12.3 Å². The molecule has 0 fully saturated rings. The minimum absolute atomic E-state index is 0.0231. The Morgan fingerprint density at radius 1 is 1.17 bits per heavy atom. The number of ketones is 1. The van der Waals surface area contributed by atoms with Crippen molar-refractivity contribution in [3.05, 3.63) is 58.1 Å². The quantitative estimate of drug-likeness (QED) is 0.450. The standard InChI is InChI=1S/C16H15NO6S/c1-3-15(18)11-4-6-12(7-5-11)23-16-9-8-13(24(2,21)22)10-14(16)17(19)20/h4-10H,3H2,1-2H3. The van der Waals surface area contributed by atoms with Gasteiger partial charge in [-0.2, -0.15) is 0 Å². The van der Waals surface area contributed by atoms with Gasteiger partial charge in [0.15, 0.2) is 15.6 Å². The number of hydrogen-bond donors (Lipinski definition) is 0. The number of Topliss-reactive ketones (excluding diaryl/α,β-unsaturated/α-hetero) is 1. The third kappa shape index (κ3) is 3.96. The van der Waals surface area contributed by atoms with E-state index >= 15 is 0 Å². The minimum atomic E-state index is -3.56. The van der Waals surface area contributed by atoms with Gasteiger partial charge in [-0.15, -0.1) is 0 Å². The van der Waals surface area contributed by atoms with Crippen LogP contribution in [0.15, 0.2) is 47.4 Å². The summed E-state index contributed by atoms with van der Waals surface area (Å²) in [5, 5.41) is 11.2. The van der Waals surface area contributed by atoms with Crippen LogP contribution in [0.4, 0.5) is 5.69 Å². The molecule has 0 atom stereocenters. The van der Waals surface area contributed by atoms with Crippen LogP contribution in [0.2, 0.25) is 0 Å². The molecule has 2 aromatic rings. The first kappa shape index (κ1) is 17.6. The Morgan fingerprint density at radius 2 is 1.79 bits per heavy atom. The van der Waals surface area contributed by atoms with Gasteiger partial charge in [0, 0.05) is 24.3 Å². The first-order valence-corrected chi connectivity index (χ1v) is 8.91. The normalized spacial score (nSPS) is 11.1. The molecule has 0 spiro atoms. The zero-order chi connectivity index (χ0) is 17.9. The minimum Gasteiger partial charge on any atom is -0.450 e. The van der Waals surface area contributed by atoms with E-state index in [1.807, 2.05) is 0 Å². The maximum atomic E-state index is 11.6. The predicted octanol–water partition coefficient (Wildman–Crippen LogP) is 3.38. The van der Waals surface area contributed by atoms with Crippen LogP contribution in [-0.2, 0) is 9.84 Å². The maximum absolute atomic E-state index is 11.6. The number of nitro benzene ring substituents is 1. The molecule has 2 rings (SSSR count). The number of carbonyl (C=O) groups excluding carboxylic acids is 1. The van der Waals surface area contributed by atoms with Gasteiger partial charge < -0.3 is 4.74 Å². The molecule has 0 radical (unpaired) electrons. The van der Waals surface area contributed by atoms with Crippen molar-refractivity contribution in [1.82, 2.24) is 0 Å². The third-order valence-corrected chi connectivity index (χ3v) is 4.39. The fourth-order valence-electron chi connectivity index (χ4n) is 2.00. The van der Waals surface area contributed by atoms with Gasteiger partial charge >= 0.3 is 5.69 Å². The van der Waals surface area contributed by atoms with Crippen LogP contribution < -0.4 is 4.74 Å². The third-order valence-electron chi connectivity index (χ3n) is 3.28. The Morgan fingerprint density at radius 3 is 2.29 bits per heavy atom. The number of sulfone groups is 1. The zero-order valence-electron chi connectivity index (χ0n) is 13.1. The second kappa shape index (κ2) is 6.79. The molecule has 0 aromatic heterocycles.